The summed E-state index contributed by atoms with van der Waals surface area (Å²) in [5.74, 6) is -2.73. The molecule has 178 valence electrons. The normalized spacial score (nSPS) is 17.0. The molecule has 1 fully saturated rings. The van der Waals surface area contributed by atoms with Crippen LogP contribution in [0.5, 0.6) is 0 Å². The Morgan fingerprint density at radius 2 is 1.41 bits per heavy atom. The van der Waals surface area contributed by atoms with Crippen LogP contribution in [-0.2, 0) is 10.0 Å². The van der Waals surface area contributed by atoms with Crippen LogP contribution in [-0.4, -0.2) is 24.9 Å². The zero-order valence-corrected chi connectivity index (χ0v) is 21.5. The maximum absolute atomic E-state index is 14.1. The molecule has 0 saturated heterocycles. The molecule has 3 nitrogen and oxygen atoms in total. The largest absolute Gasteiger partial charge is 0.405 e. The van der Waals surface area contributed by atoms with Gasteiger partial charge in [-0.2, -0.15) is 0 Å². The molecular weight excluding hydrogens is 446 g/mol. The van der Waals surface area contributed by atoms with E-state index < -0.39 is 19.8 Å². The average Bonchev–Trinajstić information content (AvgIpc) is 2.76. The highest BCUT2D eigenvalue weighted by Crippen LogP contribution is 2.56. The Morgan fingerprint density at radius 1 is 0.882 bits per heavy atom. The maximum atomic E-state index is 14.1. The lowest BCUT2D eigenvalue weighted by atomic mass is 9.74. The Hall–Kier alpha value is -2.70. The zero-order chi connectivity index (χ0) is 24.6. The summed E-state index contributed by atoms with van der Waals surface area (Å²) < 4.78 is 34.8. The van der Waals surface area contributed by atoms with Crippen LogP contribution in [0.25, 0.3) is 0 Å². The fourth-order valence-corrected chi connectivity index (χ4v) is 5.60. The van der Waals surface area contributed by atoms with Gasteiger partial charge in [0.1, 0.15) is 5.60 Å². The molecule has 1 aliphatic carbocycles. The third kappa shape index (κ3) is 5.03. The molecule has 0 aliphatic heterocycles. The molecule has 0 spiro atoms. The van der Waals surface area contributed by atoms with Gasteiger partial charge in [-0.25, -0.2) is 13.8 Å². The predicted molar refractivity (Wildman–Crippen MR) is 137 cm³/mol. The van der Waals surface area contributed by atoms with E-state index in [0.29, 0.717) is 11.4 Å². The summed E-state index contributed by atoms with van der Waals surface area (Å²) in [6.07, 6.45) is 0.997. The van der Waals surface area contributed by atoms with E-state index in [1.54, 1.807) is 12.3 Å². The summed E-state index contributed by atoms with van der Waals surface area (Å²) in [5, 5.41) is -0.0879. The maximum Gasteiger partial charge on any atom is 0.254 e. The van der Waals surface area contributed by atoms with Gasteiger partial charge in [-0.05, 0) is 30.3 Å². The van der Waals surface area contributed by atoms with Crippen molar-refractivity contribution in [1.29, 1.82) is 0 Å². The highest BCUT2D eigenvalue weighted by atomic mass is 28.4. The van der Waals surface area contributed by atoms with Crippen LogP contribution in [0.2, 0.25) is 18.1 Å². The van der Waals surface area contributed by atoms with Gasteiger partial charge in [-0.3, -0.25) is 4.98 Å². The first-order chi connectivity index (χ1) is 15.9. The predicted octanol–water partition coefficient (Wildman–Crippen LogP) is 7.90. The lowest BCUT2D eigenvalue weighted by molar-refractivity contribution is -0.204. The molecule has 1 aromatic heterocycles. The summed E-state index contributed by atoms with van der Waals surface area (Å²) in [7, 11) is -2.28. The fraction of sp³-hybridized carbons (Fsp3) is 0.357. The number of rotatable bonds is 6. The first kappa shape index (κ1) is 24.4. The molecule has 0 bridgehead atoms. The van der Waals surface area contributed by atoms with Crippen molar-refractivity contribution >= 4 is 19.7 Å². The number of hydrogen-bond acceptors (Lipinski definition) is 3. The van der Waals surface area contributed by atoms with Crippen LogP contribution >= 0.6 is 0 Å². The molecule has 1 heterocycles. The molecule has 1 saturated carbocycles. The summed E-state index contributed by atoms with van der Waals surface area (Å²) in [4.78, 5) is 9.48. The van der Waals surface area contributed by atoms with Gasteiger partial charge in [0.25, 0.3) is 5.92 Å². The third-order valence-electron chi connectivity index (χ3n) is 6.90. The zero-order valence-electron chi connectivity index (χ0n) is 20.5. The van der Waals surface area contributed by atoms with Crippen molar-refractivity contribution in [1.82, 2.24) is 4.98 Å². The van der Waals surface area contributed by atoms with E-state index in [9.17, 15) is 8.78 Å². The third-order valence-corrected chi connectivity index (χ3v) is 11.4. The number of alkyl halides is 2. The van der Waals surface area contributed by atoms with Gasteiger partial charge in [0.2, 0.25) is 0 Å². The second-order valence-electron chi connectivity index (χ2n) is 10.7. The van der Waals surface area contributed by atoms with E-state index >= 15 is 0 Å². The van der Waals surface area contributed by atoms with E-state index in [0.717, 1.165) is 16.8 Å². The number of nitrogens with zero attached hydrogens (tertiary/aromatic N) is 2. The minimum atomic E-state index is -2.73. The van der Waals surface area contributed by atoms with E-state index in [1.807, 2.05) is 66.7 Å². The molecule has 6 heteroatoms. The monoisotopic (exact) mass is 478 g/mol. The Bertz CT molecular complexity index is 1110. The highest BCUT2D eigenvalue weighted by Gasteiger charge is 2.61. The molecule has 0 radical (unpaired) electrons. The molecule has 0 N–H and O–H groups in total. The van der Waals surface area contributed by atoms with E-state index in [2.05, 4.69) is 38.8 Å². The van der Waals surface area contributed by atoms with Gasteiger partial charge in [0.15, 0.2) is 8.32 Å². The van der Waals surface area contributed by atoms with Crippen LogP contribution < -0.4 is 0 Å². The van der Waals surface area contributed by atoms with E-state index in [-0.39, 0.29) is 17.9 Å². The van der Waals surface area contributed by atoms with Crippen molar-refractivity contribution in [3.05, 3.63) is 95.8 Å². The first-order valence-corrected chi connectivity index (χ1v) is 14.6. The van der Waals surface area contributed by atoms with Crippen molar-refractivity contribution in [2.24, 2.45) is 4.99 Å². The SMILES string of the molecule is CC(C)(C)[Si](C)(C)OC1(c2ccc(N=C(c3ccccc3)c3ccccc3)cn2)CC(F)(F)C1. The molecule has 1 aliphatic rings. The molecule has 3 aromatic rings. The molecular formula is C28H32F2N2OSi. The standard InChI is InChI=1S/C28H32F2N2OSi/c1-26(2,3)34(4,5)33-27(19-28(29,30)20-27)24-17-16-23(18-31-24)32-25(21-12-8-6-9-13-21)22-14-10-7-11-15-22/h6-18H,19-20H2,1-5H3. The fourth-order valence-electron chi connectivity index (χ4n) is 4.07. The van der Waals surface area contributed by atoms with Crippen LogP contribution in [0.3, 0.4) is 0 Å². The lowest BCUT2D eigenvalue weighted by Gasteiger charge is -2.52. The van der Waals surface area contributed by atoms with E-state index in [1.165, 1.54) is 0 Å². The number of aromatic nitrogens is 1. The molecule has 34 heavy (non-hydrogen) atoms. The molecule has 4 rings (SSSR count). The number of hydrogen-bond donors (Lipinski definition) is 0. The average molecular weight is 479 g/mol. The molecule has 0 amide bonds. The number of pyridine rings is 1. The van der Waals surface area contributed by atoms with Crippen molar-refractivity contribution in [2.45, 2.75) is 63.3 Å². The van der Waals surface area contributed by atoms with Crippen LogP contribution in [0.1, 0.15) is 50.4 Å². The van der Waals surface area contributed by atoms with Crippen LogP contribution in [0.4, 0.5) is 14.5 Å². The van der Waals surface area contributed by atoms with Crippen molar-refractivity contribution in [3.8, 4) is 0 Å². The smallest absolute Gasteiger partial charge is 0.254 e. The number of halogens is 2. The number of aliphatic imine (C=N–C) groups is 1. The Labute approximate surface area is 202 Å². The lowest BCUT2D eigenvalue weighted by Crippen LogP contribution is -2.58. The molecule has 0 atom stereocenters. The van der Waals surface area contributed by atoms with Crippen LogP contribution in [0.15, 0.2) is 84.0 Å². The second kappa shape index (κ2) is 8.82. The number of benzene rings is 2. The summed E-state index contributed by atoms with van der Waals surface area (Å²) in [6, 6.07) is 23.6. The summed E-state index contributed by atoms with van der Waals surface area (Å²) in [5.41, 5.74) is 3.00. The summed E-state index contributed by atoms with van der Waals surface area (Å²) >= 11 is 0. The molecule has 0 unspecified atom stereocenters. The Balaban J connectivity index is 1.69. The van der Waals surface area contributed by atoms with Crippen molar-refractivity contribution in [2.75, 3.05) is 0 Å². The van der Waals surface area contributed by atoms with Gasteiger partial charge in [0.05, 0.1) is 23.3 Å². The van der Waals surface area contributed by atoms with Crippen LogP contribution in [0, 0.1) is 0 Å². The second-order valence-corrected chi connectivity index (χ2v) is 15.4. The van der Waals surface area contributed by atoms with Crippen molar-refractivity contribution in [3.63, 3.8) is 0 Å². The van der Waals surface area contributed by atoms with Gasteiger partial charge in [0, 0.05) is 24.0 Å². The minimum absolute atomic E-state index is 0.0879. The van der Waals surface area contributed by atoms with Crippen molar-refractivity contribution < 1.29 is 13.2 Å². The van der Waals surface area contributed by atoms with Gasteiger partial charge in [-0.15, -0.1) is 0 Å². The van der Waals surface area contributed by atoms with Gasteiger partial charge in [-0.1, -0.05) is 81.4 Å². The quantitative estimate of drug-likeness (QED) is 0.267. The summed E-state index contributed by atoms with van der Waals surface area (Å²) in [6.45, 7) is 10.5. The minimum Gasteiger partial charge on any atom is -0.405 e. The first-order valence-electron chi connectivity index (χ1n) is 11.7. The molecule has 2 aromatic carbocycles. The highest BCUT2D eigenvalue weighted by molar-refractivity contribution is 6.74. The topological polar surface area (TPSA) is 34.5 Å². The van der Waals surface area contributed by atoms with Gasteiger partial charge >= 0.3 is 0 Å². The van der Waals surface area contributed by atoms with Gasteiger partial charge < -0.3 is 4.43 Å². The van der Waals surface area contributed by atoms with E-state index in [4.69, 9.17) is 9.42 Å². The Kier molecular flexibility index (Phi) is 6.34. The Morgan fingerprint density at radius 3 is 1.82 bits per heavy atom.